The summed E-state index contributed by atoms with van der Waals surface area (Å²) < 4.78 is 0. The molecule has 0 amide bonds. The van der Waals surface area contributed by atoms with Gasteiger partial charge in [0.2, 0.25) is 0 Å². The lowest BCUT2D eigenvalue weighted by Crippen LogP contribution is -1.89. The lowest BCUT2D eigenvalue weighted by molar-refractivity contribution is 0.101. The molecule has 1 aromatic heterocycles. The zero-order chi connectivity index (χ0) is 5.98. The average molecular weight is 125 g/mol. The number of nitrogens with one attached hydrogen (secondary N) is 1. The van der Waals surface area contributed by atoms with E-state index >= 15 is 0 Å². The first-order valence-electron chi connectivity index (χ1n) is 2.45. The van der Waals surface area contributed by atoms with Gasteiger partial charge in [-0.15, -0.1) is 0 Å². The summed E-state index contributed by atoms with van der Waals surface area (Å²) in [5.41, 5.74) is 0.671. The summed E-state index contributed by atoms with van der Waals surface area (Å²) in [5, 5.41) is 0. The van der Waals surface area contributed by atoms with E-state index in [2.05, 4.69) is 4.98 Å². The highest BCUT2D eigenvalue weighted by molar-refractivity contribution is 5.92. The van der Waals surface area contributed by atoms with Crippen LogP contribution in [-0.4, -0.2) is 10.8 Å². The maximum Gasteiger partial charge on any atom is 0.175 e. The van der Waals surface area contributed by atoms with Gasteiger partial charge in [-0.1, -0.05) is 7.43 Å². The highest BCUT2D eigenvalue weighted by Crippen LogP contribution is 1.93. The van der Waals surface area contributed by atoms with Gasteiger partial charge in [0.1, 0.15) is 0 Å². The molecule has 0 unspecified atom stereocenters. The standard InChI is InChI=1S/C6H7NO.CH4/c1-5(8)6-3-2-4-7-6;/h2-4,7H,1H3;1H4. The Labute approximate surface area is 54.9 Å². The molecule has 0 saturated heterocycles. The van der Waals surface area contributed by atoms with E-state index in [1.165, 1.54) is 6.92 Å². The number of aromatic nitrogens is 1. The maximum absolute atomic E-state index is 10.5. The van der Waals surface area contributed by atoms with Gasteiger partial charge in [0.15, 0.2) is 5.78 Å². The maximum atomic E-state index is 10.5. The average Bonchev–Trinajstić information content (AvgIpc) is 2.12. The van der Waals surface area contributed by atoms with E-state index in [0.717, 1.165) is 0 Å². The SMILES string of the molecule is C.CC(=O)c1ccc[nH]1. The van der Waals surface area contributed by atoms with Gasteiger partial charge in [0.05, 0.1) is 5.69 Å². The first-order chi connectivity index (χ1) is 3.80. The van der Waals surface area contributed by atoms with Crippen LogP contribution >= 0.6 is 0 Å². The molecule has 0 fully saturated rings. The molecule has 0 aliphatic heterocycles. The minimum absolute atomic E-state index is 0. The third-order valence-electron chi connectivity index (χ3n) is 0.977. The largest absolute Gasteiger partial charge is 0.359 e. The normalized spacial score (nSPS) is 8.11. The summed E-state index contributed by atoms with van der Waals surface area (Å²) >= 11 is 0. The van der Waals surface area contributed by atoms with Crippen LogP contribution in [0.15, 0.2) is 18.3 Å². The Morgan fingerprint density at radius 2 is 2.33 bits per heavy atom. The minimum Gasteiger partial charge on any atom is -0.359 e. The lowest BCUT2D eigenvalue weighted by Gasteiger charge is -1.81. The van der Waals surface area contributed by atoms with Gasteiger partial charge in [0, 0.05) is 13.1 Å². The summed E-state index contributed by atoms with van der Waals surface area (Å²) in [6.45, 7) is 1.53. The molecule has 1 N–H and O–H groups in total. The number of carbonyl (C=O) groups excluding carboxylic acids is 1. The smallest absolute Gasteiger partial charge is 0.175 e. The summed E-state index contributed by atoms with van der Waals surface area (Å²) in [7, 11) is 0. The van der Waals surface area contributed by atoms with Crippen LogP contribution in [0.4, 0.5) is 0 Å². The molecule has 9 heavy (non-hydrogen) atoms. The Balaban J connectivity index is 0.000000640. The van der Waals surface area contributed by atoms with Crippen molar-refractivity contribution in [3.8, 4) is 0 Å². The van der Waals surface area contributed by atoms with Crippen LogP contribution in [0, 0.1) is 0 Å². The van der Waals surface area contributed by atoms with Crippen LogP contribution in [0.3, 0.4) is 0 Å². The second-order valence-electron chi connectivity index (χ2n) is 1.64. The molecule has 1 rings (SSSR count). The summed E-state index contributed by atoms with van der Waals surface area (Å²) in [6, 6.07) is 3.55. The van der Waals surface area contributed by atoms with Gasteiger partial charge in [-0.05, 0) is 12.1 Å². The number of hydrogen-bond donors (Lipinski definition) is 1. The Hall–Kier alpha value is -1.05. The van der Waals surface area contributed by atoms with Crippen LogP contribution in [0.25, 0.3) is 0 Å². The zero-order valence-electron chi connectivity index (χ0n) is 4.64. The molecule has 0 aromatic carbocycles. The van der Waals surface area contributed by atoms with Crippen molar-refractivity contribution in [2.24, 2.45) is 0 Å². The molecule has 0 radical (unpaired) electrons. The fourth-order valence-corrected chi connectivity index (χ4v) is 0.549. The van der Waals surface area contributed by atoms with Crippen molar-refractivity contribution in [1.82, 2.24) is 4.98 Å². The Morgan fingerprint density at radius 3 is 2.56 bits per heavy atom. The lowest BCUT2D eigenvalue weighted by atomic mass is 10.3. The molecular formula is C7H11NO. The number of H-pyrrole nitrogens is 1. The quantitative estimate of drug-likeness (QED) is 0.571. The fraction of sp³-hybridized carbons (Fsp3) is 0.286. The van der Waals surface area contributed by atoms with Crippen LogP contribution in [0.2, 0.25) is 0 Å². The first-order valence-corrected chi connectivity index (χ1v) is 2.45. The minimum atomic E-state index is 0. The van der Waals surface area contributed by atoms with Crippen LogP contribution < -0.4 is 0 Å². The highest BCUT2D eigenvalue weighted by Gasteiger charge is 1.94. The van der Waals surface area contributed by atoms with Crippen LogP contribution in [0.5, 0.6) is 0 Å². The molecule has 0 aliphatic rings. The second kappa shape index (κ2) is 3.07. The number of aromatic amines is 1. The highest BCUT2D eigenvalue weighted by atomic mass is 16.1. The van der Waals surface area contributed by atoms with E-state index in [1.807, 2.05) is 0 Å². The summed E-state index contributed by atoms with van der Waals surface area (Å²) in [6.07, 6.45) is 1.73. The third-order valence-corrected chi connectivity index (χ3v) is 0.977. The van der Waals surface area contributed by atoms with Crippen molar-refractivity contribution in [2.45, 2.75) is 14.4 Å². The molecule has 0 bridgehead atoms. The monoisotopic (exact) mass is 125 g/mol. The van der Waals surface area contributed by atoms with Gasteiger partial charge in [-0.2, -0.15) is 0 Å². The van der Waals surface area contributed by atoms with Gasteiger partial charge >= 0.3 is 0 Å². The van der Waals surface area contributed by atoms with Crippen molar-refractivity contribution in [3.05, 3.63) is 24.0 Å². The Kier molecular flexibility index (Phi) is 2.71. The fourth-order valence-electron chi connectivity index (χ4n) is 0.549. The zero-order valence-corrected chi connectivity index (χ0v) is 4.64. The number of carbonyl (C=O) groups is 1. The van der Waals surface area contributed by atoms with E-state index in [9.17, 15) is 4.79 Å². The van der Waals surface area contributed by atoms with Crippen LogP contribution in [-0.2, 0) is 0 Å². The van der Waals surface area contributed by atoms with Crippen molar-refractivity contribution in [3.63, 3.8) is 0 Å². The van der Waals surface area contributed by atoms with E-state index in [1.54, 1.807) is 18.3 Å². The van der Waals surface area contributed by atoms with Gasteiger partial charge < -0.3 is 4.98 Å². The summed E-state index contributed by atoms with van der Waals surface area (Å²) in [5.74, 6) is 0.0787. The molecule has 0 saturated carbocycles. The molecule has 2 heteroatoms. The number of rotatable bonds is 1. The number of Topliss-reactive ketones (excluding diaryl/α,β-unsaturated/α-hetero) is 1. The van der Waals surface area contributed by atoms with E-state index in [-0.39, 0.29) is 13.2 Å². The van der Waals surface area contributed by atoms with Crippen molar-refractivity contribution >= 4 is 5.78 Å². The van der Waals surface area contributed by atoms with E-state index in [0.29, 0.717) is 5.69 Å². The van der Waals surface area contributed by atoms with E-state index < -0.39 is 0 Å². The molecular weight excluding hydrogens is 114 g/mol. The molecule has 0 aliphatic carbocycles. The van der Waals surface area contributed by atoms with Crippen molar-refractivity contribution in [1.29, 1.82) is 0 Å². The number of hydrogen-bond acceptors (Lipinski definition) is 1. The Bertz CT molecular complexity index is 177. The van der Waals surface area contributed by atoms with Crippen molar-refractivity contribution in [2.75, 3.05) is 0 Å². The first kappa shape index (κ1) is 7.95. The number of ketones is 1. The molecule has 1 heterocycles. The summed E-state index contributed by atoms with van der Waals surface area (Å²) in [4.78, 5) is 13.3. The predicted octanol–water partition coefficient (Wildman–Crippen LogP) is 1.85. The Morgan fingerprint density at radius 1 is 1.67 bits per heavy atom. The van der Waals surface area contributed by atoms with Gasteiger partial charge in [-0.25, -0.2) is 0 Å². The van der Waals surface area contributed by atoms with Crippen molar-refractivity contribution < 1.29 is 4.79 Å². The van der Waals surface area contributed by atoms with E-state index in [4.69, 9.17) is 0 Å². The molecule has 0 atom stereocenters. The topological polar surface area (TPSA) is 32.9 Å². The molecule has 1 aromatic rings. The predicted molar refractivity (Wildman–Crippen MR) is 37.5 cm³/mol. The van der Waals surface area contributed by atoms with Crippen LogP contribution in [0.1, 0.15) is 24.8 Å². The molecule has 2 nitrogen and oxygen atoms in total. The molecule has 50 valence electrons. The van der Waals surface area contributed by atoms with Gasteiger partial charge in [0.25, 0.3) is 0 Å². The second-order valence-corrected chi connectivity index (χ2v) is 1.64. The van der Waals surface area contributed by atoms with Gasteiger partial charge in [-0.3, -0.25) is 4.79 Å². The third kappa shape index (κ3) is 1.72. The molecule has 0 spiro atoms.